The predicted molar refractivity (Wildman–Crippen MR) is 111 cm³/mol. The first kappa shape index (κ1) is 21.0. The molecule has 3 aliphatic heterocycles. The molecule has 9 heteroatoms. The van der Waals surface area contributed by atoms with Crippen molar-refractivity contribution >= 4 is 23.7 Å². The zero-order valence-electron chi connectivity index (χ0n) is 18.5. The van der Waals surface area contributed by atoms with Gasteiger partial charge in [-0.3, -0.25) is 4.79 Å². The molecule has 3 aliphatic carbocycles. The smallest absolute Gasteiger partial charge is 0.334 e. The van der Waals surface area contributed by atoms with E-state index in [1.54, 1.807) is 0 Å². The van der Waals surface area contributed by atoms with E-state index in [-0.39, 0.29) is 23.9 Å². The lowest BCUT2D eigenvalue weighted by Gasteiger charge is -2.57. The number of nitriles is 1. The number of thioether (sulfide) groups is 1. The van der Waals surface area contributed by atoms with Crippen molar-refractivity contribution < 1.29 is 33.6 Å². The number of hydrogen-bond donors (Lipinski definition) is 1. The molecule has 0 aromatic carbocycles. The van der Waals surface area contributed by atoms with Gasteiger partial charge in [-0.2, -0.15) is 5.26 Å². The number of carbonyl (C=O) groups excluding carboxylic acids is 2. The second kappa shape index (κ2) is 6.09. The summed E-state index contributed by atoms with van der Waals surface area (Å²) in [5, 5.41) is 23.2. The van der Waals surface area contributed by atoms with Gasteiger partial charge < -0.3 is 24.1 Å². The third-order valence-corrected chi connectivity index (χ3v) is 10.3. The fourth-order valence-corrected chi connectivity index (χ4v) is 8.86. The number of cyclic esters (lactones) is 1. The molecule has 0 aromatic rings. The maximum Gasteiger partial charge on any atom is 0.334 e. The minimum Gasteiger partial charge on any atom is -0.458 e. The molecule has 1 unspecified atom stereocenters. The molecule has 0 amide bonds. The van der Waals surface area contributed by atoms with Crippen LogP contribution in [0.25, 0.3) is 0 Å². The Bertz CT molecular complexity index is 1020. The number of ether oxygens (including phenoxy) is 4. The van der Waals surface area contributed by atoms with Crippen molar-refractivity contribution in [3.63, 3.8) is 0 Å². The van der Waals surface area contributed by atoms with E-state index in [1.807, 2.05) is 13.8 Å². The highest BCUT2D eigenvalue weighted by atomic mass is 32.2. The van der Waals surface area contributed by atoms with Gasteiger partial charge in [-0.1, -0.05) is 20.8 Å². The van der Waals surface area contributed by atoms with Crippen LogP contribution in [0.5, 0.6) is 0 Å². The van der Waals surface area contributed by atoms with Gasteiger partial charge in [0.2, 0.25) is 0 Å². The third kappa shape index (κ3) is 2.03. The van der Waals surface area contributed by atoms with Crippen LogP contribution in [0.15, 0.2) is 11.1 Å². The standard InChI is InChI=1S/C23H27NO7S/c1-10(2)21(27)17(32-9-24)16-23(31-16)20(4)6-5-12-13(8-28-18(12)26)14(20)7-15-22(23,30-15)19(21)29-11(3)25/h10,14-17,19,27H,5-8H2,1-4H3/t14-,15-,16?,17+,19+,20-,21+,22+,23+/m0/s1. The summed E-state index contributed by atoms with van der Waals surface area (Å²) in [6, 6.07) is 0. The quantitative estimate of drug-likeness (QED) is 0.381. The van der Waals surface area contributed by atoms with Crippen molar-refractivity contribution in [2.75, 3.05) is 6.61 Å². The third-order valence-electron chi connectivity index (χ3n) is 9.30. The van der Waals surface area contributed by atoms with Crippen LogP contribution in [-0.4, -0.2) is 64.0 Å². The average Bonchev–Trinajstić information content (AvgIpc) is 3.61. The van der Waals surface area contributed by atoms with E-state index in [1.165, 1.54) is 6.92 Å². The SMILES string of the molecule is CC(=O)O[C@@H]1[C@@](O)(C(C)C)[C@H](SC#N)C2O[C@]23[C@]12O[C@H]2C[C@H]1C2=C(CC[C@@]13C)C(=O)OC2. The molecule has 172 valence electrons. The van der Waals surface area contributed by atoms with Crippen LogP contribution in [0, 0.1) is 27.9 Å². The Balaban J connectivity index is 1.53. The lowest BCUT2D eigenvalue weighted by molar-refractivity contribution is -0.202. The van der Waals surface area contributed by atoms with Crippen molar-refractivity contribution in [2.24, 2.45) is 17.3 Å². The normalized spacial score (nSPS) is 52.0. The first-order valence-corrected chi connectivity index (χ1v) is 12.2. The van der Waals surface area contributed by atoms with Crippen LogP contribution in [0.4, 0.5) is 0 Å². The molecule has 8 nitrogen and oxygen atoms in total. The highest BCUT2D eigenvalue weighted by Crippen LogP contribution is 2.81. The number of esters is 2. The lowest BCUT2D eigenvalue weighted by atomic mass is 9.46. The molecular formula is C23H27NO7S. The Kier molecular flexibility index (Phi) is 3.99. The monoisotopic (exact) mass is 461 g/mol. The van der Waals surface area contributed by atoms with Gasteiger partial charge in [0, 0.05) is 17.9 Å². The van der Waals surface area contributed by atoms with E-state index in [4.69, 9.17) is 18.9 Å². The molecule has 32 heavy (non-hydrogen) atoms. The van der Waals surface area contributed by atoms with E-state index >= 15 is 0 Å². The summed E-state index contributed by atoms with van der Waals surface area (Å²) in [5.74, 6) is -0.983. The fourth-order valence-electron chi connectivity index (χ4n) is 7.79. The van der Waals surface area contributed by atoms with Crippen LogP contribution in [-0.2, 0) is 28.5 Å². The van der Waals surface area contributed by atoms with Crippen LogP contribution < -0.4 is 0 Å². The second-order valence-electron chi connectivity index (χ2n) is 10.6. The van der Waals surface area contributed by atoms with E-state index in [0.717, 1.165) is 22.9 Å². The predicted octanol–water partition coefficient (Wildman–Crippen LogP) is 1.85. The lowest BCUT2D eigenvalue weighted by Crippen LogP contribution is -2.76. The number of hydrogen-bond acceptors (Lipinski definition) is 9. The fraction of sp³-hybridized carbons (Fsp3) is 0.783. The van der Waals surface area contributed by atoms with Crippen LogP contribution in [0.1, 0.15) is 47.0 Å². The summed E-state index contributed by atoms with van der Waals surface area (Å²) in [6.07, 6.45) is 0.335. The summed E-state index contributed by atoms with van der Waals surface area (Å²) in [5.41, 5.74) is -1.82. The number of thiocyanates is 1. The van der Waals surface area contributed by atoms with Crippen molar-refractivity contribution in [3.8, 4) is 5.40 Å². The molecule has 9 atom stereocenters. The number of rotatable bonds is 3. The molecule has 0 radical (unpaired) electrons. The van der Waals surface area contributed by atoms with Gasteiger partial charge in [-0.15, -0.1) is 0 Å². The number of epoxide rings is 2. The molecule has 1 N–H and O–H groups in total. The number of nitrogens with zero attached hydrogens (tertiary/aromatic N) is 1. The molecule has 2 saturated heterocycles. The number of carbonyl (C=O) groups is 2. The molecular weight excluding hydrogens is 434 g/mol. The van der Waals surface area contributed by atoms with Gasteiger partial charge in [0.25, 0.3) is 0 Å². The molecule has 3 heterocycles. The maximum absolute atomic E-state index is 12.2. The summed E-state index contributed by atoms with van der Waals surface area (Å²) in [6.45, 7) is 7.55. The van der Waals surface area contributed by atoms with Gasteiger partial charge in [0.15, 0.2) is 11.7 Å². The van der Waals surface area contributed by atoms with E-state index in [2.05, 4.69) is 12.3 Å². The largest absolute Gasteiger partial charge is 0.458 e. The number of fused-ring (bicyclic) bond motifs is 2. The van der Waals surface area contributed by atoms with Crippen molar-refractivity contribution in [1.82, 2.24) is 0 Å². The molecule has 4 fully saturated rings. The van der Waals surface area contributed by atoms with Crippen LogP contribution >= 0.6 is 11.8 Å². The van der Waals surface area contributed by atoms with E-state index in [9.17, 15) is 20.0 Å². The summed E-state index contributed by atoms with van der Waals surface area (Å²) < 4.78 is 24.3. The summed E-state index contributed by atoms with van der Waals surface area (Å²) in [4.78, 5) is 24.5. The summed E-state index contributed by atoms with van der Waals surface area (Å²) >= 11 is 0.987. The average molecular weight is 462 g/mol. The molecule has 0 aromatic heterocycles. The van der Waals surface area contributed by atoms with E-state index in [0.29, 0.717) is 25.9 Å². The van der Waals surface area contributed by atoms with Crippen LogP contribution in [0.2, 0.25) is 0 Å². The van der Waals surface area contributed by atoms with Crippen molar-refractivity contribution in [3.05, 3.63) is 11.1 Å². The highest BCUT2D eigenvalue weighted by Gasteiger charge is 2.97. The minimum absolute atomic E-state index is 0.0410. The van der Waals surface area contributed by atoms with E-state index < -0.39 is 45.6 Å². The van der Waals surface area contributed by atoms with Crippen LogP contribution in [0.3, 0.4) is 0 Å². The number of aliphatic hydroxyl groups is 1. The van der Waals surface area contributed by atoms with Gasteiger partial charge in [0.05, 0.1) is 11.4 Å². The molecule has 6 aliphatic rings. The molecule has 0 bridgehead atoms. The van der Waals surface area contributed by atoms with Gasteiger partial charge in [0.1, 0.15) is 29.3 Å². The Morgan fingerprint density at radius 2 is 2.12 bits per heavy atom. The maximum atomic E-state index is 12.2. The Morgan fingerprint density at radius 1 is 1.38 bits per heavy atom. The van der Waals surface area contributed by atoms with Crippen molar-refractivity contribution in [2.45, 2.75) is 87.3 Å². The highest BCUT2D eigenvalue weighted by molar-refractivity contribution is 8.04. The Hall–Kier alpha value is -1.60. The topological polar surface area (TPSA) is 122 Å². The Labute approximate surface area is 190 Å². The second-order valence-corrected chi connectivity index (χ2v) is 11.5. The van der Waals surface area contributed by atoms with Crippen molar-refractivity contribution in [1.29, 1.82) is 5.26 Å². The Morgan fingerprint density at radius 3 is 2.78 bits per heavy atom. The van der Waals surface area contributed by atoms with Gasteiger partial charge >= 0.3 is 11.9 Å². The molecule has 2 saturated carbocycles. The minimum atomic E-state index is -1.49. The molecule has 6 rings (SSSR count). The first-order chi connectivity index (χ1) is 15.1. The molecule has 2 spiro atoms. The van der Waals surface area contributed by atoms with Gasteiger partial charge in [-0.05, 0) is 48.4 Å². The zero-order chi connectivity index (χ0) is 22.8. The summed E-state index contributed by atoms with van der Waals surface area (Å²) in [7, 11) is 0. The zero-order valence-corrected chi connectivity index (χ0v) is 19.4. The first-order valence-electron chi connectivity index (χ1n) is 11.3. The van der Waals surface area contributed by atoms with Gasteiger partial charge in [-0.25, -0.2) is 4.79 Å².